The minimum absolute atomic E-state index is 0.229. The van der Waals surface area contributed by atoms with Gasteiger partial charge >= 0.3 is 5.97 Å². The number of hydrogen-bond acceptors (Lipinski definition) is 3. The molecule has 1 aromatic carbocycles. The van der Waals surface area contributed by atoms with Crippen molar-refractivity contribution < 1.29 is 9.90 Å². The quantitative estimate of drug-likeness (QED) is 0.785. The van der Waals surface area contributed by atoms with Crippen LogP contribution < -0.4 is 10.8 Å². The smallest absolute Gasteiger partial charge is 0.337 e. The van der Waals surface area contributed by atoms with E-state index in [9.17, 15) is 4.79 Å². The number of rotatable bonds is 5. The van der Waals surface area contributed by atoms with Gasteiger partial charge in [-0.05, 0) is 18.1 Å². The van der Waals surface area contributed by atoms with Crippen LogP contribution in [0.4, 0.5) is 5.69 Å². The number of aromatic carboxylic acids is 1. The summed E-state index contributed by atoms with van der Waals surface area (Å²) in [5, 5.41) is 12.1. The average molecular weight is 252 g/mol. The van der Waals surface area contributed by atoms with Gasteiger partial charge in [-0.1, -0.05) is 29.7 Å². The van der Waals surface area contributed by atoms with E-state index in [1.807, 2.05) is 24.3 Å². The van der Waals surface area contributed by atoms with E-state index in [1.54, 1.807) is 0 Å². The summed E-state index contributed by atoms with van der Waals surface area (Å²) in [5.41, 5.74) is 2.64. The molecule has 2 N–H and O–H groups in total. The van der Waals surface area contributed by atoms with Gasteiger partial charge in [-0.3, -0.25) is 4.98 Å². The number of aromatic nitrogens is 1. The third kappa shape index (κ3) is 3.58. The van der Waals surface area contributed by atoms with Crippen molar-refractivity contribution in [1.82, 2.24) is 4.98 Å². The molecule has 0 aliphatic heterocycles. The Morgan fingerprint density at radius 1 is 1.26 bits per heavy atom. The lowest BCUT2D eigenvalue weighted by atomic mass is 9.95. The zero-order valence-corrected chi connectivity index (χ0v) is 10.3. The van der Waals surface area contributed by atoms with E-state index in [2.05, 4.69) is 10.3 Å². The van der Waals surface area contributed by atoms with Gasteiger partial charge in [-0.15, -0.1) is 0 Å². The number of carbonyl (C=O) groups is 1. The second-order valence-electron chi connectivity index (χ2n) is 4.14. The highest BCUT2D eigenvalue weighted by atomic mass is 16.4. The van der Waals surface area contributed by atoms with Gasteiger partial charge in [0.05, 0.1) is 17.4 Å². The van der Waals surface area contributed by atoms with Gasteiger partial charge in [0.2, 0.25) is 0 Å². The lowest BCUT2D eigenvalue weighted by Crippen LogP contribution is -2.10. The highest BCUT2D eigenvalue weighted by molar-refractivity contribution is 6.32. The van der Waals surface area contributed by atoms with Crippen molar-refractivity contribution in [3.8, 4) is 0 Å². The second kappa shape index (κ2) is 6.04. The monoisotopic (exact) mass is 252 g/mol. The first kappa shape index (κ1) is 13.1. The molecule has 0 saturated heterocycles. The molecular formula is C14H13BN2O2. The number of anilines is 1. The van der Waals surface area contributed by atoms with E-state index in [-0.39, 0.29) is 5.56 Å². The number of benzene rings is 1. The van der Waals surface area contributed by atoms with E-state index in [1.165, 1.54) is 18.5 Å². The molecule has 94 valence electrons. The molecular weight excluding hydrogens is 239 g/mol. The minimum Gasteiger partial charge on any atom is -0.478 e. The van der Waals surface area contributed by atoms with Gasteiger partial charge in [-0.25, -0.2) is 4.79 Å². The molecule has 5 heteroatoms. The van der Waals surface area contributed by atoms with Crippen LogP contribution in [0, 0.1) is 0 Å². The minimum atomic E-state index is -0.961. The number of hydrogen-bond donors (Lipinski definition) is 2. The summed E-state index contributed by atoms with van der Waals surface area (Å²) >= 11 is 0. The van der Waals surface area contributed by atoms with E-state index < -0.39 is 5.97 Å². The summed E-state index contributed by atoms with van der Waals surface area (Å²) < 4.78 is 0. The third-order valence-electron chi connectivity index (χ3n) is 2.76. The lowest BCUT2D eigenvalue weighted by Gasteiger charge is -2.09. The van der Waals surface area contributed by atoms with Crippen molar-refractivity contribution in [3.05, 3.63) is 53.9 Å². The maximum atomic E-state index is 11.0. The number of carboxylic acid groups (broad SMARTS) is 1. The van der Waals surface area contributed by atoms with Crippen molar-refractivity contribution in [1.29, 1.82) is 0 Å². The van der Waals surface area contributed by atoms with Gasteiger partial charge in [0, 0.05) is 12.7 Å². The maximum absolute atomic E-state index is 11.0. The van der Waals surface area contributed by atoms with Crippen LogP contribution in [0.15, 0.2) is 42.7 Å². The molecule has 2 radical (unpaired) electrons. The molecule has 19 heavy (non-hydrogen) atoms. The summed E-state index contributed by atoms with van der Waals surface area (Å²) in [6.45, 7) is 0.635. The Hall–Kier alpha value is -2.30. The van der Waals surface area contributed by atoms with Crippen molar-refractivity contribution >= 4 is 25.0 Å². The molecule has 0 atom stereocenters. The van der Waals surface area contributed by atoms with Crippen LogP contribution >= 0.6 is 0 Å². The van der Waals surface area contributed by atoms with E-state index in [4.69, 9.17) is 13.0 Å². The summed E-state index contributed by atoms with van der Waals surface area (Å²) in [4.78, 5) is 14.9. The van der Waals surface area contributed by atoms with Gasteiger partial charge in [0.15, 0.2) is 0 Å². The fourth-order valence-corrected chi connectivity index (χ4v) is 1.75. The molecule has 2 aromatic rings. The number of carboxylic acids is 1. The molecule has 0 amide bonds. The molecule has 0 spiro atoms. The molecule has 2 rings (SSSR count). The fraction of sp³-hybridized carbons (Fsp3) is 0.143. The summed E-state index contributed by atoms with van der Waals surface area (Å²) in [5.74, 6) is -0.961. The number of nitrogens with one attached hydrogen (secondary N) is 1. The molecule has 0 aliphatic carbocycles. The first-order valence-corrected chi connectivity index (χ1v) is 5.92. The van der Waals surface area contributed by atoms with Crippen LogP contribution in [0.25, 0.3) is 0 Å². The van der Waals surface area contributed by atoms with Crippen molar-refractivity contribution in [2.45, 2.75) is 6.42 Å². The SMILES string of the molecule is [B]c1ccc(CCNc2cnccc2C(=O)O)cc1. The highest BCUT2D eigenvalue weighted by Crippen LogP contribution is 2.13. The second-order valence-corrected chi connectivity index (χ2v) is 4.14. The topological polar surface area (TPSA) is 62.2 Å². The van der Waals surface area contributed by atoms with Crippen molar-refractivity contribution in [3.63, 3.8) is 0 Å². The Balaban J connectivity index is 1.96. The maximum Gasteiger partial charge on any atom is 0.337 e. The average Bonchev–Trinajstić information content (AvgIpc) is 2.41. The molecule has 0 bridgehead atoms. The van der Waals surface area contributed by atoms with E-state index >= 15 is 0 Å². The highest BCUT2D eigenvalue weighted by Gasteiger charge is 2.08. The molecule has 1 heterocycles. The Morgan fingerprint density at radius 3 is 2.68 bits per heavy atom. The lowest BCUT2D eigenvalue weighted by molar-refractivity contribution is 0.0698. The number of nitrogens with zero attached hydrogens (tertiary/aromatic N) is 1. The molecule has 4 nitrogen and oxygen atoms in total. The molecule has 1 aromatic heterocycles. The molecule has 0 unspecified atom stereocenters. The first-order valence-electron chi connectivity index (χ1n) is 5.92. The van der Waals surface area contributed by atoms with Crippen molar-refractivity contribution in [2.75, 3.05) is 11.9 Å². The van der Waals surface area contributed by atoms with Crippen LogP contribution in [0.1, 0.15) is 15.9 Å². The molecule has 0 saturated carbocycles. The van der Waals surface area contributed by atoms with Crippen LogP contribution in [0.3, 0.4) is 0 Å². The van der Waals surface area contributed by atoms with Crippen LogP contribution in [-0.4, -0.2) is 30.5 Å². The van der Waals surface area contributed by atoms with Gasteiger partial charge in [0.25, 0.3) is 0 Å². The fourth-order valence-electron chi connectivity index (χ4n) is 1.75. The summed E-state index contributed by atoms with van der Waals surface area (Å²) in [7, 11) is 5.61. The van der Waals surface area contributed by atoms with Crippen LogP contribution in [0.2, 0.25) is 0 Å². The van der Waals surface area contributed by atoms with Gasteiger partial charge in [0.1, 0.15) is 7.85 Å². The first-order chi connectivity index (χ1) is 9.16. The van der Waals surface area contributed by atoms with Crippen LogP contribution in [0.5, 0.6) is 0 Å². The standard InChI is InChI=1S/C14H13BN2O2/c15-11-3-1-10(2-4-11)5-8-17-13-9-16-7-6-12(13)14(18)19/h1-4,6-7,9,17H,5,8H2,(H,18,19). The molecule has 0 fully saturated rings. The van der Waals surface area contributed by atoms with E-state index in [0.717, 1.165) is 17.4 Å². The van der Waals surface area contributed by atoms with E-state index in [0.29, 0.717) is 12.2 Å². The predicted octanol–water partition coefficient (Wildman–Crippen LogP) is 1.23. The Kier molecular flexibility index (Phi) is 4.18. The summed E-state index contributed by atoms with van der Waals surface area (Å²) in [6, 6.07) is 9.09. The predicted molar refractivity (Wildman–Crippen MR) is 75.2 cm³/mol. The normalized spacial score (nSPS) is 10.1. The van der Waals surface area contributed by atoms with Gasteiger partial charge < -0.3 is 10.4 Å². The number of pyridine rings is 1. The molecule has 0 aliphatic rings. The third-order valence-corrected chi connectivity index (χ3v) is 2.76. The Bertz CT molecular complexity index is 570. The zero-order chi connectivity index (χ0) is 13.7. The van der Waals surface area contributed by atoms with Crippen LogP contribution in [-0.2, 0) is 6.42 Å². The Labute approximate surface area is 112 Å². The summed E-state index contributed by atoms with van der Waals surface area (Å²) in [6.07, 6.45) is 3.77. The van der Waals surface area contributed by atoms with Gasteiger partial charge in [-0.2, -0.15) is 0 Å². The largest absolute Gasteiger partial charge is 0.478 e. The Morgan fingerprint density at radius 2 is 2.00 bits per heavy atom. The van der Waals surface area contributed by atoms with Crippen molar-refractivity contribution in [2.24, 2.45) is 0 Å². The zero-order valence-electron chi connectivity index (χ0n) is 10.3.